The third-order valence-corrected chi connectivity index (χ3v) is 2.61. The minimum Gasteiger partial charge on any atom is -0.457 e. The highest BCUT2D eigenvalue weighted by Crippen LogP contribution is 2.34. The topological polar surface area (TPSA) is 47.6 Å². The first-order valence-electron chi connectivity index (χ1n) is 4.30. The number of hydrogen-bond acceptors (Lipinski definition) is 3. The Kier molecular flexibility index (Phi) is 1.51. The molecule has 1 aliphatic heterocycles. The molecule has 0 radical (unpaired) electrons. The van der Waals surface area contributed by atoms with E-state index in [1.54, 1.807) is 0 Å². The van der Waals surface area contributed by atoms with Gasteiger partial charge < -0.3 is 10.5 Å². The van der Waals surface area contributed by atoms with Crippen molar-refractivity contribution in [3.63, 3.8) is 0 Å². The third-order valence-electron chi connectivity index (χ3n) is 2.61. The lowest BCUT2D eigenvalue weighted by Crippen LogP contribution is -2.36. The average molecular weight is 154 g/mol. The zero-order chi connectivity index (χ0) is 7.73. The number of hydrogen-bond donors (Lipinski definition) is 1. The predicted molar refractivity (Wildman–Crippen MR) is 43.4 cm³/mol. The van der Waals surface area contributed by atoms with E-state index < -0.39 is 0 Å². The number of nitrogens with zero attached hydrogens (tertiary/aromatic N) is 1. The summed E-state index contributed by atoms with van der Waals surface area (Å²) in [5, 5.41) is 0. The second kappa shape index (κ2) is 2.40. The van der Waals surface area contributed by atoms with Crippen molar-refractivity contribution < 1.29 is 4.74 Å². The third kappa shape index (κ3) is 1.19. The van der Waals surface area contributed by atoms with Gasteiger partial charge in [0.05, 0.1) is 6.54 Å². The van der Waals surface area contributed by atoms with E-state index in [1.165, 1.54) is 19.3 Å². The molecular formula is C8H14N2O. The van der Waals surface area contributed by atoms with E-state index in [0.29, 0.717) is 6.02 Å². The molecule has 1 heterocycles. The SMILES string of the molecule is NC1=NCC2(CCCCC2)O1. The van der Waals surface area contributed by atoms with Crippen molar-refractivity contribution in [3.8, 4) is 0 Å². The van der Waals surface area contributed by atoms with E-state index in [0.717, 1.165) is 19.4 Å². The summed E-state index contributed by atoms with van der Waals surface area (Å²) in [5.41, 5.74) is 5.48. The zero-order valence-corrected chi connectivity index (χ0v) is 6.68. The van der Waals surface area contributed by atoms with E-state index in [4.69, 9.17) is 10.5 Å². The molecule has 0 unspecified atom stereocenters. The van der Waals surface area contributed by atoms with Crippen LogP contribution in [-0.2, 0) is 4.74 Å². The Morgan fingerprint density at radius 1 is 1.27 bits per heavy atom. The minimum atomic E-state index is 0.0162. The van der Waals surface area contributed by atoms with E-state index in [2.05, 4.69) is 4.99 Å². The summed E-state index contributed by atoms with van der Waals surface area (Å²) in [7, 11) is 0. The Hall–Kier alpha value is -0.730. The quantitative estimate of drug-likeness (QED) is 0.566. The molecule has 0 aromatic rings. The summed E-state index contributed by atoms with van der Waals surface area (Å²) < 4.78 is 5.52. The molecular weight excluding hydrogens is 140 g/mol. The Bertz CT molecular complexity index is 183. The van der Waals surface area contributed by atoms with Gasteiger partial charge in [0, 0.05) is 0 Å². The molecule has 0 aromatic carbocycles. The summed E-state index contributed by atoms with van der Waals surface area (Å²) in [4.78, 5) is 4.09. The van der Waals surface area contributed by atoms with Crippen molar-refractivity contribution in [2.45, 2.75) is 37.7 Å². The fraction of sp³-hybridized carbons (Fsp3) is 0.875. The van der Waals surface area contributed by atoms with Crippen LogP contribution >= 0.6 is 0 Å². The molecule has 0 aromatic heterocycles. The summed E-state index contributed by atoms with van der Waals surface area (Å²) in [6.07, 6.45) is 6.14. The fourth-order valence-electron chi connectivity index (χ4n) is 1.96. The lowest BCUT2D eigenvalue weighted by molar-refractivity contribution is 0.0454. The average Bonchev–Trinajstić information content (AvgIpc) is 2.34. The normalized spacial score (nSPS) is 28.2. The van der Waals surface area contributed by atoms with Gasteiger partial charge in [0.15, 0.2) is 0 Å². The molecule has 3 heteroatoms. The second-order valence-corrected chi connectivity index (χ2v) is 3.50. The van der Waals surface area contributed by atoms with Crippen LogP contribution in [-0.4, -0.2) is 18.2 Å². The standard InChI is InChI=1S/C8H14N2O/c9-7-10-6-8(11-7)4-2-1-3-5-8/h1-6H2,(H2,9,10). The Morgan fingerprint density at radius 3 is 2.55 bits per heavy atom. The summed E-state index contributed by atoms with van der Waals surface area (Å²) >= 11 is 0. The van der Waals surface area contributed by atoms with Crippen LogP contribution in [0.4, 0.5) is 0 Å². The summed E-state index contributed by atoms with van der Waals surface area (Å²) in [5.74, 6) is 0. The van der Waals surface area contributed by atoms with Crippen LogP contribution < -0.4 is 5.73 Å². The number of rotatable bonds is 0. The predicted octanol–water partition coefficient (Wildman–Crippen LogP) is 1.03. The highest BCUT2D eigenvalue weighted by Gasteiger charge is 2.38. The smallest absolute Gasteiger partial charge is 0.282 e. The van der Waals surface area contributed by atoms with Crippen LogP contribution in [0.3, 0.4) is 0 Å². The van der Waals surface area contributed by atoms with Crippen molar-refractivity contribution >= 4 is 6.02 Å². The number of nitrogens with two attached hydrogens (primary N) is 1. The molecule has 11 heavy (non-hydrogen) atoms. The molecule has 0 saturated heterocycles. The van der Waals surface area contributed by atoms with Gasteiger partial charge in [-0.1, -0.05) is 6.42 Å². The van der Waals surface area contributed by atoms with Gasteiger partial charge in [-0.3, -0.25) is 0 Å². The van der Waals surface area contributed by atoms with Crippen molar-refractivity contribution in [3.05, 3.63) is 0 Å². The van der Waals surface area contributed by atoms with Gasteiger partial charge >= 0.3 is 0 Å². The van der Waals surface area contributed by atoms with Gasteiger partial charge in [0.2, 0.25) is 0 Å². The van der Waals surface area contributed by atoms with Gasteiger partial charge in [-0.05, 0) is 25.7 Å². The first kappa shape index (κ1) is 6.95. The molecule has 0 atom stereocenters. The van der Waals surface area contributed by atoms with Crippen molar-refractivity contribution in [2.24, 2.45) is 10.7 Å². The number of aliphatic imine (C=N–C) groups is 1. The van der Waals surface area contributed by atoms with Crippen molar-refractivity contribution in [1.29, 1.82) is 0 Å². The Morgan fingerprint density at radius 2 is 2.00 bits per heavy atom. The summed E-state index contributed by atoms with van der Waals surface area (Å²) in [6, 6.07) is 0.395. The molecule has 62 valence electrons. The molecule has 2 rings (SSSR count). The largest absolute Gasteiger partial charge is 0.457 e. The molecule has 1 aliphatic carbocycles. The van der Waals surface area contributed by atoms with Crippen LogP contribution in [0.1, 0.15) is 32.1 Å². The van der Waals surface area contributed by atoms with Gasteiger partial charge in [-0.15, -0.1) is 0 Å². The van der Waals surface area contributed by atoms with Gasteiger partial charge in [-0.2, -0.15) is 0 Å². The van der Waals surface area contributed by atoms with Crippen molar-refractivity contribution in [1.82, 2.24) is 0 Å². The molecule has 2 aliphatic rings. The first-order valence-corrected chi connectivity index (χ1v) is 4.30. The molecule has 0 amide bonds. The van der Waals surface area contributed by atoms with Crippen LogP contribution in [0, 0.1) is 0 Å². The van der Waals surface area contributed by atoms with Crippen LogP contribution in [0.15, 0.2) is 4.99 Å². The zero-order valence-electron chi connectivity index (χ0n) is 6.68. The molecule has 1 saturated carbocycles. The lowest BCUT2D eigenvalue weighted by Gasteiger charge is -2.31. The fourth-order valence-corrected chi connectivity index (χ4v) is 1.96. The van der Waals surface area contributed by atoms with Gasteiger partial charge in [-0.25, -0.2) is 4.99 Å². The van der Waals surface area contributed by atoms with Gasteiger partial charge in [0.1, 0.15) is 5.60 Å². The maximum Gasteiger partial charge on any atom is 0.282 e. The second-order valence-electron chi connectivity index (χ2n) is 3.50. The maximum absolute atomic E-state index is 5.52. The Balaban J connectivity index is 2.01. The first-order chi connectivity index (χ1) is 5.31. The summed E-state index contributed by atoms with van der Waals surface area (Å²) in [6.45, 7) is 0.791. The van der Waals surface area contributed by atoms with E-state index in [-0.39, 0.29) is 5.60 Å². The van der Waals surface area contributed by atoms with Crippen molar-refractivity contribution in [2.75, 3.05) is 6.54 Å². The highest BCUT2D eigenvalue weighted by molar-refractivity contribution is 5.73. The molecule has 2 N–H and O–H groups in total. The highest BCUT2D eigenvalue weighted by atomic mass is 16.5. The monoisotopic (exact) mass is 154 g/mol. The minimum absolute atomic E-state index is 0.0162. The Labute approximate surface area is 66.6 Å². The van der Waals surface area contributed by atoms with Crippen LogP contribution in [0.25, 0.3) is 0 Å². The number of ether oxygens (including phenoxy) is 1. The number of amidine groups is 1. The van der Waals surface area contributed by atoms with Crippen LogP contribution in [0.5, 0.6) is 0 Å². The van der Waals surface area contributed by atoms with E-state index in [9.17, 15) is 0 Å². The van der Waals surface area contributed by atoms with Crippen LogP contribution in [0.2, 0.25) is 0 Å². The molecule has 0 bridgehead atoms. The molecule has 1 fully saturated rings. The van der Waals surface area contributed by atoms with E-state index in [1.807, 2.05) is 0 Å². The maximum atomic E-state index is 5.52. The molecule has 1 spiro atoms. The van der Waals surface area contributed by atoms with E-state index >= 15 is 0 Å². The molecule has 3 nitrogen and oxygen atoms in total. The van der Waals surface area contributed by atoms with Gasteiger partial charge in [0.25, 0.3) is 6.02 Å². The lowest BCUT2D eigenvalue weighted by atomic mass is 9.85.